The standard InChI is InChI=1S/C11H10ClN5S/c1-6-4-8(10(13)14)17-11(16-6)18-9-3-2-7(12)5-15-9/h2-5H,1H3,(H3,13,14). The Kier molecular flexibility index (Phi) is 3.78. The van der Waals surface area contributed by atoms with Crippen LogP contribution in [-0.2, 0) is 0 Å². The van der Waals surface area contributed by atoms with Crippen molar-refractivity contribution in [2.24, 2.45) is 5.73 Å². The minimum Gasteiger partial charge on any atom is -0.382 e. The Morgan fingerprint density at radius 2 is 2.17 bits per heavy atom. The van der Waals surface area contributed by atoms with Gasteiger partial charge in [-0.05, 0) is 36.9 Å². The van der Waals surface area contributed by atoms with Crippen molar-refractivity contribution in [3.8, 4) is 0 Å². The van der Waals surface area contributed by atoms with Crippen LogP contribution < -0.4 is 5.73 Å². The largest absolute Gasteiger partial charge is 0.382 e. The van der Waals surface area contributed by atoms with Crippen LogP contribution in [0.15, 0.2) is 34.6 Å². The van der Waals surface area contributed by atoms with E-state index in [1.54, 1.807) is 24.4 Å². The Morgan fingerprint density at radius 3 is 2.78 bits per heavy atom. The van der Waals surface area contributed by atoms with Gasteiger partial charge < -0.3 is 5.73 Å². The molecule has 0 fully saturated rings. The predicted octanol–water partition coefficient (Wildman–Crippen LogP) is 2.27. The normalized spacial score (nSPS) is 10.3. The van der Waals surface area contributed by atoms with E-state index in [-0.39, 0.29) is 5.84 Å². The van der Waals surface area contributed by atoms with Crippen LogP contribution in [0.3, 0.4) is 0 Å². The molecule has 0 unspecified atom stereocenters. The van der Waals surface area contributed by atoms with Crippen molar-refractivity contribution in [3.63, 3.8) is 0 Å². The first kappa shape index (κ1) is 12.8. The maximum Gasteiger partial charge on any atom is 0.194 e. The quantitative estimate of drug-likeness (QED) is 0.511. The average Bonchev–Trinajstić information content (AvgIpc) is 2.31. The van der Waals surface area contributed by atoms with Crippen LogP contribution in [0.1, 0.15) is 11.4 Å². The summed E-state index contributed by atoms with van der Waals surface area (Å²) in [5.74, 6) is -0.0774. The number of pyridine rings is 1. The molecular weight excluding hydrogens is 270 g/mol. The summed E-state index contributed by atoms with van der Waals surface area (Å²) in [6.07, 6.45) is 1.56. The molecule has 0 aliphatic rings. The molecule has 0 radical (unpaired) electrons. The molecular formula is C11H10ClN5S. The molecule has 3 N–H and O–H groups in total. The summed E-state index contributed by atoms with van der Waals surface area (Å²) in [6.45, 7) is 1.83. The van der Waals surface area contributed by atoms with Crippen LogP contribution in [0.5, 0.6) is 0 Å². The van der Waals surface area contributed by atoms with Gasteiger partial charge in [-0.25, -0.2) is 15.0 Å². The zero-order valence-corrected chi connectivity index (χ0v) is 11.1. The number of nitrogen functional groups attached to an aromatic ring is 1. The van der Waals surface area contributed by atoms with Gasteiger partial charge in [0.05, 0.1) is 5.02 Å². The number of amidine groups is 1. The van der Waals surface area contributed by atoms with Crippen molar-refractivity contribution in [1.29, 1.82) is 5.41 Å². The first-order valence-electron chi connectivity index (χ1n) is 5.04. The van der Waals surface area contributed by atoms with E-state index in [2.05, 4.69) is 15.0 Å². The Hall–Kier alpha value is -1.66. The van der Waals surface area contributed by atoms with Gasteiger partial charge in [-0.3, -0.25) is 5.41 Å². The number of hydrogen-bond donors (Lipinski definition) is 2. The first-order chi connectivity index (χ1) is 8.54. The summed E-state index contributed by atoms with van der Waals surface area (Å²) < 4.78 is 0. The van der Waals surface area contributed by atoms with Crippen LogP contribution in [0.4, 0.5) is 0 Å². The number of halogens is 1. The molecule has 2 aromatic rings. The monoisotopic (exact) mass is 279 g/mol. The van der Waals surface area contributed by atoms with Gasteiger partial charge in [-0.1, -0.05) is 11.6 Å². The molecule has 0 saturated carbocycles. The van der Waals surface area contributed by atoms with E-state index in [1.807, 2.05) is 6.92 Å². The van der Waals surface area contributed by atoms with Crippen LogP contribution in [0, 0.1) is 12.3 Å². The highest BCUT2D eigenvalue weighted by atomic mass is 35.5. The van der Waals surface area contributed by atoms with Gasteiger partial charge in [0.15, 0.2) is 5.16 Å². The van der Waals surface area contributed by atoms with Crippen molar-refractivity contribution in [3.05, 3.63) is 40.8 Å². The van der Waals surface area contributed by atoms with Gasteiger partial charge in [0.2, 0.25) is 0 Å². The van der Waals surface area contributed by atoms with Crippen LogP contribution in [0.2, 0.25) is 5.02 Å². The highest BCUT2D eigenvalue weighted by Gasteiger charge is 2.07. The molecule has 0 aromatic carbocycles. The third kappa shape index (κ3) is 3.18. The number of hydrogen-bond acceptors (Lipinski definition) is 5. The Labute approximate surface area is 113 Å². The molecule has 0 aliphatic heterocycles. The zero-order chi connectivity index (χ0) is 13.1. The second kappa shape index (κ2) is 5.32. The van der Waals surface area contributed by atoms with E-state index in [0.29, 0.717) is 15.9 Å². The van der Waals surface area contributed by atoms with E-state index in [4.69, 9.17) is 22.7 Å². The lowest BCUT2D eigenvalue weighted by molar-refractivity contribution is 0.917. The Bertz CT molecular complexity index is 584. The second-order valence-electron chi connectivity index (χ2n) is 3.51. The number of nitrogens with one attached hydrogen (secondary N) is 1. The number of aryl methyl sites for hydroxylation is 1. The number of rotatable bonds is 3. The van der Waals surface area contributed by atoms with Gasteiger partial charge in [0, 0.05) is 11.9 Å². The van der Waals surface area contributed by atoms with E-state index in [9.17, 15) is 0 Å². The van der Waals surface area contributed by atoms with Crippen molar-refractivity contribution in [2.45, 2.75) is 17.1 Å². The highest BCUT2D eigenvalue weighted by Crippen LogP contribution is 2.23. The van der Waals surface area contributed by atoms with Gasteiger partial charge in [0.1, 0.15) is 16.6 Å². The van der Waals surface area contributed by atoms with Crippen LogP contribution >= 0.6 is 23.4 Å². The highest BCUT2D eigenvalue weighted by molar-refractivity contribution is 7.99. The van der Waals surface area contributed by atoms with Gasteiger partial charge in [-0.2, -0.15) is 0 Å². The molecule has 0 spiro atoms. The van der Waals surface area contributed by atoms with E-state index in [0.717, 1.165) is 10.7 Å². The molecule has 0 atom stereocenters. The fraction of sp³-hybridized carbons (Fsp3) is 0.0909. The molecule has 2 rings (SSSR count). The molecule has 7 heteroatoms. The molecule has 0 amide bonds. The number of aromatic nitrogens is 3. The van der Waals surface area contributed by atoms with Gasteiger partial charge >= 0.3 is 0 Å². The summed E-state index contributed by atoms with van der Waals surface area (Å²) in [7, 11) is 0. The molecule has 5 nitrogen and oxygen atoms in total. The van der Waals surface area contributed by atoms with E-state index >= 15 is 0 Å². The molecule has 0 aliphatic carbocycles. The summed E-state index contributed by atoms with van der Waals surface area (Å²) in [4.78, 5) is 12.6. The lowest BCUT2D eigenvalue weighted by atomic mass is 10.3. The summed E-state index contributed by atoms with van der Waals surface area (Å²) in [5.41, 5.74) is 6.59. The first-order valence-corrected chi connectivity index (χ1v) is 6.23. The third-order valence-electron chi connectivity index (χ3n) is 2.01. The average molecular weight is 280 g/mol. The summed E-state index contributed by atoms with van der Waals surface area (Å²) >= 11 is 7.06. The smallest absolute Gasteiger partial charge is 0.194 e. The minimum atomic E-state index is -0.0774. The lowest BCUT2D eigenvalue weighted by Gasteiger charge is -2.04. The molecule has 2 aromatic heterocycles. The van der Waals surface area contributed by atoms with Gasteiger partial charge in [-0.15, -0.1) is 0 Å². The SMILES string of the molecule is Cc1cc(C(=N)N)nc(Sc2ccc(Cl)cn2)n1. The van der Waals surface area contributed by atoms with Crippen molar-refractivity contribution in [2.75, 3.05) is 0 Å². The second-order valence-corrected chi connectivity index (χ2v) is 4.93. The van der Waals surface area contributed by atoms with Crippen LogP contribution in [-0.4, -0.2) is 20.8 Å². The van der Waals surface area contributed by atoms with E-state index < -0.39 is 0 Å². The molecule has 0 bridgehead atoms. The van der Waals surface area contributed by atoms with Crippen molar-refractivity contribution in [1.82, 2.24) is 15.0 Å². The van der Waals surface area contributed by atoms with Gasteiger partial charge in [0.25, 0.3) is 0 Å². The lowest BCUT2D eigenvalue weighted by Crippen LogP contribution is -2.14. The maximum absolute atomic E-state index is 7.38. The minimum absolute atomic E-state index is 0.0774. The fourth-order valence-corrected chi connectivity index (χ4v) is 2.12. The fourth-order valence-electron chi connectivity index (χ4n) is 1.24. The molecule has 2 heterocycles. The topological polar surface area (TPSA) is 88.5 Å². The number of nitrogens with two attached hydrogens (primary N) is 1. The van der Waals surface area contributed by atoms with Crippen molar-refractivity contribution < 1.29 is 0 Å². The van der Waals surface area contributed by atoms with Crippen LogP contribution in [0.25, 0.3) is 0 Å². The maximum atomic E-state index is 7.38. The number of nitrogens with zero attached hydrogens (tertiary/aromatic N) is 3. The Morgan fingerprint density at radius 1 is 1.39 bits per heavy atom. The molecule has 92 valence electrons. The summed E-state index contributed by atoms with van der Waals surface area (Å²) in [5, 5.41) is 9.20. The predicted molar refractivity (Wildman–Crippen MR) is 71.2 cm³/mol. The third-order valence-corrected chi connectivity index (χ3v) is 3.05. The molecule has 0 saturated heterocycles. The Balaban J connectivity index is 2.28. The summed E-state index contributed by atoms with van der Waals surface area (Å²) in [6, 6.07) is 5.20. The van der Waals surface area contributed by atoms with Crippen molar-refractivity contribution >= 4 is 29.2 Å². The van der Waals surface area contributed by atoms with E-state index in [1.165, 1.54) is 11.8 Å². The zero-order valence-electron chi connectivity index (χ0n) is 9.51. The molecule has 18 heavy (non-hydrogen) atoms.